The van der Waals surface area contributed by atoms with Gasteiger partial charge in [-0.1, -0.05) is 28.1 Å². The van der Waals surface area contributed by atoms with Crippen LogP contribution in [0.15, 0.2) is 28.7 Å². The lowest BCUT2D eigenvalue weighted by molar-refractivity contribution is -0.443. The molecule has 7 heteroatoms. The van der Waals surface area contributed by atoms with Crippen molar-refractivity contribution in [2.75, 3.05) is 0 Å². The molecule has 6 N–H and O–H groups in total. The molecular formula is C11H15BrNO5+. The molecule has 100 valence electrons. The zero-order chi connectivity index (χ0) is 14.3. The number of benzene rings is 1. The van der Waals surface area contributed by atoms with Crippen molar-refractivity contribution in [1.29, 1.82) is 0 Å². The maximum atomic E-state index is 9.27. The van der Waals surface area contributed by atoms with Gasteiger partial charge in [0.1, 0.15) is 12.1 Å². The molecule has 6 nitrogen and oxygen atoms in total. The number of hydrogen-bond acceptors (Lipinski definition) is 3. The Labute approximate surface area is 112 Å². The first kappa shape index (κ1) is 16.6. The zero-order valence-corrected chi connectivity index (χ0v) is 11.3. The van der Waals surface area contributed by atoms with Gasteiger partial charge in [-0.15, -0.1) is 0 Å². The van der Waals surface area contributed by atoms with Gasteiger partial charge in [0.05, 0.1) is 0 Å². The Morgan fingerprint density at radius 3 is 1.83 bits per heavy atom. The van der Waals surface area contributed by atoms with E-state index in [0.717, 1.165) is 10.0 Å². The number of aliphatic hydroxyl groups excluding tert-OH is 1. The summed E-state index contributed by atoms with van der Waals surface area (Å²) in [5, 5.41) is 24.1. The van der Waals surface area contributed by atoms with Gasteiger partial charge in [-0.2, -0.15) is 0 Å². The third-order valence-corrected chi connectivity index (χ3v) is 2.59. The second-order valence-electron chi connectivity index (χ2n) is 3.51. The summed E-state index contributed by atoms with van der Waals surface area (Å²) >= 11 is 3.35. The summed E-state index contributed by atoms with van der Waals surface area (Å²) in [6, 6.07) is 7.80. The lowest BCUT2D eigenvalue weighted by Crippen LogP contribution is -2.58. The number of hydrogen-bond donors (Lipinski definition) is 4. The SMILES string of the molecule is C[C@@H](O)[C@H]([NH3+])c1ccc(Br)cc1.O=C(O)C(=O)O. The van der Waals surface area contributed by atoms with E-state index in [0.29, 0.717) is 0 Å². The summed E-state index contributed by atoms with van der Waals surface area (Å²) in [6.07, 6.45) is -0.397. The van der Waals surface area contributed by atoms with Crippen LogP contribution in [0, 0.1) is 0 Å². The summed E-state index contributed by atoms with van der Waals surface area (Å²) < 4.78 is 1.05. The Balaban J connectivity index is 0.000000411. The molecule has 0 unspecified atom stereocenters. The summed E-state index contributed by atoms with van der Waals surface area (Å²) in [7, 11) is 0. The van der Waals surface area contributed by atoms with Gasteiger partial charge in [-0.25, -0.2) is 9.59 Å². The highest BCUT2D eigenvalue weighted by atomic mass is 79.9. The van der Waals surface area contributed by atoms with Crippen molar-refractivity contribution < 1.29 is 30.6 Å². The number of carboxylic acid groups (broad SMARTS) is 2. The molecule has 0 radical (unpaired) electrons. The van der Waals surface area contributed by atoms with Crippen LogP contribution >= 0.6 is 15.9 Å². The van der Waals surface area contributed by atoms with Crippen molar-refractivity contribution in [2.24, 2.45) is 0 Å². The van der Waals surface area contributed by atoms with Crippen LogP contribution in [0.5, 0.6) is 0 Å². The third-order valence-electron chi connectivity index (χ3n) is 2.06. The summed E-state index contributed by atoms with van der Waals surface area (Å²) in [5.41, 5.74) is 4.94. The first-order valence-corrected chi connectivity index (χ1v) is 5.77. The number of halogens is 1. The monoisotopic (exact) mass is 320 g/mol. The second-order valence-corrected chi connectivity index (χ2v) is 4.42. The highest BCUT2D eigenvalue weighted by Gasteiger charge is 2.14. The van der Waals surface area contributed by atoms with E-state index in [4.69, 9.17) is 19.8 Å². The van der Waals surface area contributed by atoms with Crippen LogP contribution in [-0.4, -0.2) is 33.4 Å². The average Bonchev–Trinajstić information content (AvgIpc) is 2.29. The van der Waals surface area contributed by atoms with Gasteiger partial charge in [0.25, 0.3) is 0 Å². The van der Waals surface area contributed by atoms with E-state index < -0.39 is 18.0 Å². The van der Waals surface area contributed by atoms with E-state index in [2.05, 4.69) is 21.7 Å². The molecule has 1 aromatic rings. The second kappa shape index (κ2) is 7.80. The van der Waals surface area contributed by atoms with Gasteiger partial charge in [0, 0.05) is 10.0 Å². The van der Waals surface area contributed by atoms with Crippen molar-refractivity contribution in [2.45, 2.75) is 19.1 Å². The molecule has 2 atom stereocenters. The van der Waals surface area contributed by atoms with E-state index in [-0.39, 0.29) is 6.04 Å². The van der Waals surface area contributed by atoms with E-state index in [1.807, 2.05) is 24.3 Å². The van der Waals surface area contributed by atoms with Crippen molar-refractivity contribution >= 4 is 27.9 Å². The molecule has 0 aliphatic heterocycles. The van der Waals surface area contributed by atoms with Gasteiger partial charge >= 0.3 is 11.9 Å². The van der Waals surface area contributed by atoms with Crippen LogP contribution in [-0.2, 0) is 9.59 Å². The number of carbonyl (C=O) groups is 2. The van der Waals surface area contributed by atoms with Crippen LogP contribution in [0.2, 0.25) is 0 Å². The molecule has 0 saturated heterocycles. The number of aliphatic carboxylic acids is 2. The molecule has 0 amide bonds. The quantitative estimate of drug-likeness (QED) is 0.582. The van der Waals surface area contributed by atoms with Crippen molar-refractivity contribution in [1.82, 2.24) is 0 Å². The lowest BCUT2D eigenvalue weighted by atomic mass is 10.0. The van der Waals surface area contributed by atoms with Gasteiger partial charge in [-0.3, -0.25) is 0 Å². The maximum Gasteiger partial charge on any atom is 0.414 e. The Bertz CT molecular complexity index is 392. The van der Waals surface area contributed by atoms with Gasteiger partial charge in [0.15, 0.2) is 0 Å². The van der Waals surface area contributed by atoms with Gasteiger partial charge in [0.2, 0.25) is 0 Å². The van der Waals surface area contributed by atoms with Crippen molar-refractivity contribution in [3.8, 4) is 0 Å². The number of quaternary nitrogens is 1. The Hall–Kier alpha value is -1.44. The van der Waals surface area contributed by atoms with Crippen molar-refractivity contribution in [3.05, 3.63) is 34.3 Å². The van der Waals surface area contributed by atoms with E-state index in [1.165, 1.54) is 0 Å². The average molecular weight is 321 g/mol. The van der Waals surface area contributed by atoms with Crippen LogP contribution in [0.4, 0.5) is 0 Å². The highest BCUT2D eigenvalue weighted by Crippen LogP contribution is 2.16. The number of carboxylic acids is 2. The summed E-state index contributed by atoms with van der Waals surface area (Å²) in [6.45, 7) is 1.75. The highest BCUT2D eigenvalue weighted by molar-refractivity contribution is 9.10. The Kier molecular flexibility index (Phi) is 7.18. The Morgan fingerprint density at radius 1 is 1.17 bits per heavy atom. The van der Waals surface area contributed by atoms with Gasteiger partial charge < -0.3 is 21.1 Å². The lowest BCUT2D eigenvalue weighted by Gasteiger charge is -2.11. The molecular weight excluding hydrogens is 306 g/mol. The molecule has 1 rings (SSSR count). The molecule has 0 aliphatic rings. The molecule has 0 aromatic heterocycles. The largest absolute Gasteiger partial charge is 0.473 e. The number of rotatable bonds is 2. The molecule has 1 aromatic carbocycles. The predicted molar refractivity (Wildman–Crippen MR) is 66.7 cm³/mol. The van der Waals surface area contributed by atoms with Crippen LogP contribution in [0.25, 0.3) is 0 Å². The summed E-state index contributed by atoms with van der Waals surface area (Å²) in [4.78, 5) is 18.2. The van der Waals surface area contributed by atoms with Crippen LogP contribution in [0.1, 0.15) is 18.5 Å². The topological polar surface area (TPSA) is 122 Å². The maximum absolute atomic E-state index is 9.27. The van der Waals surface area contributed by atoms with E-state index in [1.54, 1.807) is 6.92 Å². The van der Waals surface area contributed by atoms with Crippen LogP contribution in [0.3, 0.4) is 0 Å². The minimum absolute atomic E-state index is 0.0434. The fourth-order valence-corrected chi connectivity index (χ4v) is 1.25. The molecule has 0 fully saturated rings. The molecule has 0 saturated carbocycles. The fourth-order valence-electron chi connectivity index (χ4n) is 0.988. The first-order valence-electron chi connectivity index (χ1n) is 4.98. The van der Waals surface area contributed by atoms with E-state index in [9.17, 15) is 5.11 Å². The third kappa shape index (κ3) is 6.33. The Morgan fingerprint density at radius 2 is 1.56 bits per heavy atom. The molecule has 0 heterocycles. The molecule has 0 spiro atoms. The standard InChI is InChI=1S/C9H12BrNO.C2H2O4/c1-6(12)9(11)7-2-4-8(10)5-3-7;3-1(4)2(5)6/h2-6,9,12H,11H2,1H3;(H,3,4)(H,5,6)/p+1/t6-,9+;/m1./s1. The normalized spacial score (nSPS) is 12.9. The minimum atomic E-state index is -1.82. The van der Waals surface area contributed by atoms with Crippen molar-refractivity contribution in [3.63, 3.8) is 0 Å². The van der Waals surface area contributed by atoms with Gasteiger partial charge in [-0.05, 0) is 19.1 Å². The van der Waals surface area contributed by atoms with E-state index >= 15 is 0 Å². The zero-order valence-electron chi connectivity index (χ0n) is 9.71. The molecule has 0 bridgehead atoms. The smallest absolute Gasteiger partial charge is 0.414 e. The minimum Gasteiger partial charge on any atom is -0.473 e. The van der Waals surface area contributed by atoms with Crippen LogP contribution < -0.4 is 5.73 Å². The fraction of sp³-hybridized carbons (Fsp3) is 0.273. The predicted octanol–water partition coefficient (Wildman–Crippen LogP) is 0.268. The molecule has 0 aliphatic carbocycles. The summed E-state index contributed by atoms with van der Waals surface area (Å²) in [5.74, 6) is -3.65. The number of aliphatic hydroxyl groups is 1. The molecule has 18 heavy (non-hydrogen) atoms. The first-order chi connectivity index (χ1) is 8.25.